The Morgan fingerprint density at radius 1 is 1.20 bits per heavy atom. The predicted octanol–water partition coefficient (Wildman–Crippen LogP) is 5.70. The Bertz CT molecular complexity index is 1520. The molecule has 2 bridgehead atoms. The summed E-state index contributed by atoms with van der Waals surface area (Å²) in [6.07, 6.45) is 3.30. The second-order valence-corrected chi connectivity index (χ2v) is 16.2. The second-order valence-electron chi connectivity index (χ2n) is 14.6. The number of carbonyl (C=O) groups is 2. The van der Waals surface area contributed by atoms with Crippen molar-refractivity contribution in [2.45, 2.75) is 104 Å². The van der Waals surface area contributed by atoms with E-state index in [2.05, 4.69) is 55.4 Å². The molecule has 242 valence electrons. The van der Waals surface area contributed by atoms with Crippen molar-refractivity contribution >= 4 is 47.6 Å². The van der Waals surface area contributed by atoms with Crippen LogP contribution in [0.2, 0.25) is 5.02 Å². The highest BCUT2D eigenvalue weighted by Gasteiger charge is 2.68. The maximum atomic E-state index is 14.4. The van der Waals surface area contributed by atoms with Gasteiger partial charge in [-0.3, -0.25) is 9.59 Å². The maximum Gasteiger partial charge on any atom is 0.481 e. The van der Waals surface area contributed by atoms with Gasteiger partial charge in [0.15, 0.2) is 0 Å². The molecule has 5 aliphatic rings. The molecule has 2 aliphatic heterocycles. The molecule has 45 heavy (non-hydrogen) atoms. The van der Waals surface area contributed by atoms with Crippen LogP contribution < -0.4 is 10.6 Å². The molecular formula is C33H44BClN4O5S. The highest BCUT2D eigenvalue weighted by molar-refractivity contribution is 7.13. The maximum absolute atomic E-state index is 14.4. The van der Waals surface area contributed by atoms with Crippen LogP contribution in [0.25, 0.3) is 0 Å². The van der Waals surface area contributed by atoms with Crippen molar-refractivity contribution in [3.05, 3.63) is 50.4 Å². The van der Waals surface area contributed by atoms with Gasteiger partial charge in [0.2, 0.25) is 5.60 Å². The summed E-state index contributed by atoms with van der Waals surface area (Å²) in [6, 6.07) is 7.42. The van der Waals surface area contributed by atoms with Crippen LogP contribution in [0, 0.1) is 37.0 Å². The van der Waals surface area contributed by atoms with E-state index in [9.17, 15) is 9.59 Å². The smallest absolute Gasteiger partial charge is 0.404 e. The molecule has 0 radical (unpaired) electrons. The quantitative estimate of drug-likeness (QED) is 0.318. The summed E-state index contributed by atoms with van der Waals surface area (Å²) in [5.74, 6) is 0.461. The van der Waals surface area contributed by atoms with E-state index in [0.29, 0.717) is 39.6 Å². The number of aromatic nitrogens is 1. The molecule has 3 saturated carbocycles. The number of nitrogens with one attached hydrogen (secondary N) is 2. The van der Waals surface area contributed by atoms with E-state index < -0.39 is 12.7 Å². The van der Waals surface area contributed by atoms with Crippen LogP contribution in [0.5, 0.6) is 0 Å². The number of hydrogen-bond acceptors (Lipinski definition) is 8. The Balaban J connectivity index is 1.20. The zero-order valence-electron chi connectivity index (χ0n) is 27.2. The van der Waals surface area contributed by atoms with Gasteiger partial charge in [-0.1, -0.05) is 56.6 Å². The first kappa shape index (κ1) is 32.5. The monoisotopic (exact) mass is 654 g/mol. The minimum absolute atomic E-state index is 0.0125. The zero-order valence-corrected chi connectivity index (χ0v) is 28.8. The van der Waals surface area contributed by atoms with Crippen LogP contribution in [0.15, 0.2) is 29.4 Å². The number of rotatable bonds is 10. The molecule has 1 unspecified atom stereocenters. The number of nitrogens with zero attached hydrogens (tertiary/aromatic N) is 2. The first-order valence-electron chi connectivity index (χ1n) is 16.0. The number of oxime groups is 1. The van der Waals surface area contributed by atoms with Crippen molar-refractivity contribution in [1.29, 1.82) is 0 Å². The average molecular weight is 655 g/mol. The van der Waals surface area contributed by atoms with Crippen molar-refractivity contribution < 1.29 is 23.7 Å². The van der Waals surface area contributed by atoms with E-state index >= 15 is 0 Å². The van der Waals surface area contributed by atoms with Crippen LogP contribution in [-0.4, -0.2) is 59.4 Å². The highest BCUT2D eigenvalue weighted by Crippen LogP contribution is 2.65. The van der Waals surface area contributed by atoms with Crippen LogP contribution in [0.1, 0.15) is 86.2 Å². The van der Waals surface area contributed by atoms with Gasteiger partial charge in [0.1, 0.15) is 4.88 Å². The molecule has 12 heteroatoms. The number of aryl methyl sites for hydroxylation is 2. The predicted molar refractivity (Wildman–Crippen MR) is 176 cm³/mol. The third kappa shape index (κ3) is 6.06. The molecule has 2 amide bonds. The third-order valence-corrected chi connectivity index (χ3v) is 11.8. The summed E-state index contributed by atoms with van der Waals surface area (Å²) in [5.41, 5.74) is 0.637. The molecule has 7 rings (SSSR count). The van der Waals surface area contributed by atoms with Gasteiger partial charge < -0.3 is 24.8 Å². The number of hydrogen-bond donors (Lipinski definition) is 2. The van der Waals surface area contributed by atoms with Gasteiger partial charge in [0.25, 0.3) is 11.8 Å². The van der Waals surface area contributed by atoms with E-state index in [4.69, 9.17) is 25.7 Å². The summed E-state index contributed by atoms with van der Waals surface area (Å²) >= 11 is 7.67. The van der Waals surface area contributed by atoms with E-state index in [0.717, 1.165) is 23.4 Å². The fourth-order valence-electron chi connectivity index (χ4n) is 8.04. The first-order valence-corrected chi connectivity index (χ1v) is 17.2. The lowest BCUT2D eigenvalue weighted by Gasteiger charge is -2.64. The normalized spacial score (nSPS) is 30.3. The fourth-order valence-corrected chi connectivity index (χ4v) is 9.08. The molecule has 2 aromatic rings. The first-order chi connectivity index (χ1) is 21.2. The third-order valence-electron chi connectivity index (χ3n) is 10.5. The number of amides is 2. The molecule has 1 aromatic heterocycles. The highest BCUT2D eigenvalue weighted by atomic mass is 35.5. The molecule has 0 spiro atoms. The fraction of sp³-hybridized carbons (Fsp3) is 0.636. The lowest BCUT2D eigenvalue weighted by atomic mass is 9.43. The molecule has 9 nitrogen and oxygen atoms in total. The van der Waals surface area contributed by atoms with Gasteiger partial charge in [-0.25, -0.2) is 4.98 Å². The summed E-state index contributed by atoms with van der Waals surface area (Å²) in [5, 5.41) is 12.0. The Morgan fingerprint density at radius 2 is 1.98 bits per heavy atom. The molecule has 6 atom stereocenters. The van der Waals surface area contributed by atoms with Crippen molar-refractivity contribution in [3.8, 4) is 0 Å². The topological polar surface area (TPSA) is 111 Å². The van der Waals surface area contributed by atoms with E-state index in [1.807, 2.05) is 32.0 Å². The van der Waals surface area contributed by atoms with Crippen LogP contribution in [-0.2, 0) is 25.4 Å². The standard InChI is InChI=1S/C33H44BClN4O5S/c1-18(2)11-27(34-42-26-14-22-13-25(31(22,5)6)32(26,7)43-34)38-30(41)33(15-21-9-8-10-23(35)12-21)16-24(39-44-33)17-36-29(40)28-19(3)37-20(4)45-28/h8-10,12,18,22,25-27H,11,13-17H2,1-7H3,(H,36,40)(H,38,41)/t22-,25-,26+,27-,32-,33?/m0/s1. The van der Waals surface area contributed by atoms with Crippen molar-refractivity contribution in [2.24, 2.45) is 28.3 Å². The van der Waals surface area contributed by atoms with Gasteiger partial charge in [-0.05, 0) is 80.9 Å². The minimum atomic E-state index is -1.32. The molecule has 2 N–H and O–H groups in total. The number of benzene rings is 1. The Kier molecular flexibility index (Phi) is 8.63. The largest absolute Gasteiger partial charge is 0.481 e. The number of halogens is 1. The van der Waals surface area contributed by atoms with Crippen molar-refractivity contribution in [2.75, 3.05) is 6.54 Å². The van der Waals surface area contributed by atoms with Gasteiger partial charge in [-0.15, -0.1) is 11.3 Å². The van der Waals surface area contributed by atoms with Crippen molar-refractivity contribution in [1.82, 2.24) is 15.6 Å². The Morgan fingerprint density at radius 3 is 2.64 bits per heavy atom. The number of thiazole rings is 1. The average Bonchev–Trinajstić information content (AvgIpc) is 3.65. The molecule has 1 saturated heterocycles. The Hall–Kier alpha value is -2.47. The van der Waals surface area contributed by atoms with E-state index in [1.54, 1.807) is 6.07 Å². The van der Waals surface area contributed by atoms with Gasteiger partial charge in [0.05, 0.1) is 40.6 Å². The molecule has 1 aromatic carbocycles. The second kappa shape index (κ2) is 12.0. The lowest BCUT2D eigenvalue weighted by Crippen LogP contribution is -2.65. The minimum Gasteiger partial charge on any atom is -0.404 e. The SMILES string of the molecule is Cc1nc(C)c(C(=O)NCC2=NOC(Cc3cccc(Cl)c3)(C(=O)N[C@@H](CC(C)C)B3O[C@@H]4C[C@@H]5C[C@@H](C5(C)C)[C@]4(C)O3)C2)s1. The summed E-state index contributed by atoms with van der Waals surface area (Å²) in [7, 11) is -0.558. The van der Waals surface area contributed by atoms with Gasteiger partial charge >= 0.3 is 7.12 Å². The van der Waals surface area contributed by atoms with Crippen LogP contribution in [0.4, 0.5) is 0 Å². The van der Waals surface area contributed by atoms with E-state index in [1.165, 1.54) is 11.3 Å². The van der Waals surface area contributed by atoms with E-state index in [-0.39, 0.29) is 60.2 Å². The summed E-state index contributed by atoms with van der Waals surface area (Å²) in [6.45, 7) is 15.0. The zero-order chi connectivity index (χ0) is 32.3. The molecule has 4 fully saturated rings. The lowest BCUT2D eigenvalue weighted by molar-refractivity contribution is -0.199. The molecule has 3 aliphatic carbocycles. The van der Waals surface area contributed by atoms with Gasteiger partial charge in [0, 0.05) is 17.9 Å². The Labute approximate surface area is 275 Å². The van der Waals surface area contributed by atoms with Gasteiger partial charge in [-0.2, -0.15) is 0 Å². The van der Waals surface area contributed by atoms with Crippen LogP contribution >= 0.6 is 22.9 Å². The van der Waals surface area contributed by atoms with Crippen LogP contribution in [0.3, 0.4) is 0 Å². The molecule has 3 heterocycles. The molecular weight excluding hydrogens is 611 g/mol. The van der Waals surface area contributed by atoms with Crippen molar-refractivity contribution in [3.63, 3.8) is 0 Å². The number of carbonyl (C=O) groups excluding carboxylic acids is 2. The summed E-state index contributed by atoms with van der Waals surface area (Å²) < 4.78 is 13.4. The summed E-state index contributed by atoms with van der Waals surface area (Å²) in [4.78, 5) is 38.2.